The smallest absolute Gasteiger partial charge is 0.274 e. The molecule has 1 fully saturated rings. The number of pyridine rings is 2. The standard InChI is InChI=1S/C23H26FN7O/c1-13-7-21-19(29-9-14(2)25-15(3)10-29)5-6-20(31(21)28-13)23(32)27-17-8-18(24)22-26-16(4)11-30(22)12-17/h5-8,11-12,14-15,25H,9-10H2,1-4H3,(H,27,32)/t14-,15-/m0/s1. The summed E-state index contributed by atoms with van der Waals surface area (Å²) in [6.45, 7) is 9.79. The summed E-state index contributed by atoms with van der Waals surface area (Å²) in [5, 5.41) is 10.9. The third-order valence-electron chi connectivity index (χ3n) is 5.74. The van der Waals surface area contributed by atoms with E-state index in [9.17, 15) is 9.18 Å². The molecule has 0 unspecified atom stereocenters. The molecule has 8 nitrogen and oxygen atoms in total. The van der Waals surface area contributed by atoms with Crippen molar-refractivity contribution in [2.75, 3.05) is 23.3 Å². The van der Waals surface area contributed by atoms with Gasteiger partial charge in [0, 0.05) is 43.6 Å². The van der Waals surface area contributed by atoms with E-state index in [2.05, 4.69) is 39.5 Å². The zero-order valence-electron chi connectivity index (χ0n) is 18.6. The van der Waals surface area contributed by atoms with E-state index >= 15 is 0 Å². The van der Waals surface area contributed by atoms with Gasteiger partial charge >= 0.3 is 0 Å². The molecule has 166 valence electrons. The second-order valence-electron chi connectivity index (χ2n) is 8.70. The number of aryl methyl sites for hydroxylation is 2. The largest absolute Gasteiger partial charge is 0.367 e. The van der Waals surface area contributed by atoms with Gasteiger partial charge in [-0.25, -0.2) is 13.9 Å². The molecule has 0 aliphatic carbocycles. The highest BCUT2D eigenvalue weighted by Crippen LogP contribution is 2.27. The molecule has 0 aromatic carbocycles. The predicted molar refractivity (Wildman–Crippen MR) is 122 cm³/mol. The lowest BCUT2D eigenvalue weighted by Crippen LogP contribution is -2.54. The van der Waals surface area contributed by atoms with Crippen LogP contribution in [0.1, 0.15) is 35.7 Å². The Kier molecular flexibility index (Phi) is 4.85. The normalized spacial score (nSPS) is 19.1. The van der Waals surface area contributed by atoms with Crippen molar-refractivity contribution in [1.29, 1.82) is 0 Å². The number of aromatic nitrogens is 4. The first kappa shape index (κ1) is 20.4. The van der Waals surface area contributed by atoms with Gasteiger partial charge in [-0.1, -0.05) is 0 Å². The van der Waals surface area contributed by atoms with E-state index in [4.69, 9.17) is 0 Å². The Morgan fingerprint density at radius 3 is 2.62 bits per heavy atom. The van der Waals surface area contributed by atoms with Crippen molar-refractivity contribution in [2.24, 2.45) is 0 Å². The van der Waals surface area contributed by atoms with Crippen LogP contribution in [0.15, 0.2) is 36.7 Å². The fourth-order valence-corrected chi connectivity index (χ4v) is 4.59. The number of imidazole rings is 1. The fraction of sp³-hybridized carbons (Fsp3) is 0.348. The highest BCUT2D eigenvalue weighted by Gasteiger charge is 2.24. The van der Waals surface area contributed by atoms with Gasteiger partial charge in [0.25, 0.3) is 5.91 Å². The number of nitrogens with one attached hydrogen (secondary N) is 2. The summed E-state index contributed by atoms with van der Waals surface area (Å²) >= 11 is 0. The highest BCUT2D eigenvalue weighted by molar-refractivity contribution is 6.04. The monoisotopic (exact) mass is 435 g/mol. The number of carbonyl (C=O) groups excluding carboxylic acids is 1. The molecule has 5 heterocycles. The van der Waals surface area contributed by atoms with Crippen LogP contribution in [0.2, 0.25) is 0 Å². The molecule has 4 aromatic heterocycles. The molecule has 0 saturated carbocycles. The lowest BCUT2D eigenvalue weighted by Gasteiger charge is -2.38. The van der Waals surface area contributed by atoms with E-state index in [0.29, 0.717) is 29.2 Å². The number of anilines is 2. The summed E-state index contributed by atoms with van der Waals surface area (Å²) in [6, 6.07) is 7.74. The van der Waals surface area contributed by atoms with Gasteiger partial charge in [0.05, 0.1) is 28.3 Å². The van der Waals surface area contributed by atoms with Crippen LogP contribution in [0.25, 0.3) is 11.2 Å². The zero-order valence-corrected chi connectivity index (χ0v) is 18.6. The van der Waals surface area contributed by atoms with Gasteiger partial charge in [0.1, 0.15) is 5.69 Å². The Labute approximate surface area is 185 Å². The number of carbonyl (C=O) groups is 1. The number of piperazine rings is 1. The van der Waals surface area contributed by atoms with E-state index in [1.165, 1.54) is 6.07 Å². The molecule has 2 N–H and O–H groups in total. The first-order valence-corrected chi connectivity index (χ1v) is 10.7. The molecule has 5 rings (SSSR count). The molecular formula is C23H26FN7O. The molecule has 1 saturated heterocycles. The third-order valence-corrected chi connectivity index (χ3v) is 5.74. The second kappa shape index (κ2) is 7.59. The van der Waals surface area contributed by atoms with E-state index in [0.717, 1.165) is 30.0 Å². The summed E-state index contributed by atoms with van der Waals surface area (Å²) in [5.41, 5.74) is 4.41. The van der Waals surface area contributed by atoms with Crippen molar-refractivity contribution < 1.29 is 9.18 Å². The number of rotatable bonds is 3. The summed E-state index contributed by atoms with van der Waals surface area (Å²) < 4.78 is 17.7. The second-order valence-corrected chi connectivity index (χ2v) is 8.70. The van der Waals surface area contributed by atoms with E-state index < -0.39 is 5.82 Å². The van der Waals surface area contributed by atoms with E-state index in [1.54, 1.807) is 34.3 Å². The van der Waals surface area contributed by atoms with E-state index in [-0.39, 0.29) is 11.6 Å². The average molecular weight is 436 g/mol. The minimum atomic E-state index is -0.492. The molecule has 1 amide bonds. The van der Waals surface area contributed by atoms with Crippen LogP contribution in [0.5, 0.6) is 0 Å². The summed E-state index contributed by atoms with van der Waals surface area (Å²) in [4.78, 5) is 19.6. The van der Waals surface area contributed by atoms with E-state index in [1.807, 2.05) is 19.1 Å². The lowest BCUT2D eigenvalue weighted by molar-refractivity contribution is 0.102. The van der Waals surface area contributed by atoms with Gasteiger partial charge in [-0.3, -0.25) is 4.79 Å². The van der Waals surface area contributed by atoms with Crippen molar-refractivity contribution in [3.8, 4) is 0 Å². The van der Waals surface area contributed by atoms with Crippen LogP contribution in [0.4, 0.5) is 15.8 Å². The molecule has 0 bridgehead atoms. The van der Waals surface area contributed by atoms with Gasteiger partial charge in [-0.15, -0.1) is 0 Å². The van der Waals surface area contributed by atoms with Gasteiger partial charge < -0.3 is 19.9 Å². The molecule has 32 heavy (non-hydrogen) atoms. The average Bonchev–Trinajstić information content (AvgIpc) is 3.28. The predicted octanol–water partition coefficient (Wildman–Crippen LogP) is 3.18. The first-order chi connectivity index (χ1) is 15.3. The molecule has 9 heteroatoms. The Morgan fingerprint density at radius 1 is 1.12 bits per heavy atom. The molecule has 0 spiro atoms. The molecular weight excluding hydrogens is 409 g/mol. The Morgan fingerprint density at radius 2 is 1.88 bits per heavy atom. The Hall–Kier alpha value is -3.46. The number of halogens is 1. The Balaban J connectivity index is 1.50. The van der Waals surface area contributed by atoms with Gasteiger partial charge in [-0.2, -0.15) is 5.10 Å². The van der Waals surface area contributed by atoms with Crippen LogP contribution >= 0.6 is 0 Å². The van der Waals surface area contributed by atoms with Gasteiger partial charge in [0.2, 0.25) is 0 Å². The van der Waals surface area contributed by atoms with Crippen LogP contribution in [0, 0.1) is 19.7 Å². The van der Waals surface area contributed by atoms with Crippen LogP contribution in [0.3, 0.4) is 0 Å². The van der Waals surface area contributed by atoms with Crippen LogP contribution in [-0.4, -0.2) is 50.1 Å². The van der Waals surface area contributed by atoms with Crippen molar-refractivity contribution >= 4 is 28.4 Å². The zero-order chi connectivity index (χ0) is 22.6. The third kappa shape index (κ3) is 3.58. The molecule has 4 aromatic rings. The Bertz CT molecular complexity index is 1330. The minimum Gasteiger partial charge on any atom is -0.367 e. The maximum absolute atomic E-state index is 14.4. The minimum absolute atomic E-state index is 0.231. The quantitative estimate of drug-likeness (QED) is 0.517. The number of amides is 1. The maximum Gasteiger partial charge on any atom is 0.274 e. The molecule has 0 radical (unpaired) electrons. The SMILES string of the molecule is Cc1cn2cc(NC(=O)c3ccc(N4C[C@H](C)N[C@@H](C)C4)c4cc(C)nn34)cc(F)c2n1. The lowest BCUT2D eigenvalue weighted by atomic mass is 10.1. The number of nitrogens with zero attached hydrogens (tertiary/aromatic N) is 5. The van der Waals surface area contributed by atoms with Crippen LogP contribution < -0.4 is 15.5 Å². The highest BCUT2D eigenvalue weighted by atomic mass is 19.1. The van der Waals surface area contributed by atoms with Gasteiger partial charge in [0.15, 0.2) is 11.5 Å². The summed E-state index contributed by atoms with van der Waals surface area (Å²) in [5.74, 6) is -0.851. The molecule has 1 aliphatic rings. The summed E-state index contributed by atoms with van der Waals surface area (Å²) in [7, 11) is 0. The first-order valence-electron chi connectivity index (χ1n) is 10.7. The molecule has 1 aliphatic heterocycles. The fourth-order valence-electron chi connectivity index (χ4n) is 4.59. The number of hydrogen-bond acceptors (Lipinski definition) is 5. The van der Waals surface area contributed by atoms with Crippen LogP contribution in [-0.2, 0) is 0 Å². The van der Waals surface area contributed by atoms with Crippen molar-refractivity contribution in [2.45, 2.75) is 39.8 Å². The van der Waals surface area contributed by atoms with Crippen molar-refractivity contribution in [3.05, 3.63) is 59.6 Å². The topological polar surface area (TPSA) is 79.0 Å². The van der Waals surface area contributed by atoms with Crippen molar-refractivity contribution in [3.63, 3.8) is 0 Å². The summed E-state index contributed by atoms with van der Waals surface area (Å²) in [6.07, 6.45) is 3.37. The van der Waals surface area contributed by atoms with Crippen molar-refractivity contribution in [1.82, 2.24) is 24.3 Å². The maximum atomic E-state index is 14.4. The van der Waals surface area contributed by atoms with Gasteiger partial charge in [-0.05, 0) is 45.9 Å². The number of hydrogen-bond donors (Lipinski definition) is 2. The molecule has 2 atom stereocenters. The number of fused-ring (bicyclic) bond motifs is 2.